The van der Waals surface area contributed by atoms with Crippen molar-refractivity contribution in [1.29, 1.82) is 5.26 Å². The molecular formula is C12H13N. The van der Waals surface area contributed by atoms with Gasteiger partial charge in [-0.1, -0.05) is 6.07 Å². The van der Waals surface area contributed by atoms with E-state index in [1.807, 2.05) is 0 Å². The van der Waals surface area contributed by atoms with Crippen molar-refractivity contribution in [3.05, 3.63) is 33.9 Å². The first-order chi connectivity index (χ1) is 6.15. The average Bonchev–Trinajstić information content (AvgIpc) is 2.09. The summed E-state index contributed by atoms with van der Waals surface area (Å²) < 4.78 is 0. The van der Waals surface area contributed by atoms with Crippen molar-refractivity contribution in [2.75, 3.05) is 0 Å². The lowest BCUT2D eigenvalue weighted by Crippen LogP contribution is -2.18. The molecule has 1 aliphatic carbocycles. The Bertz CT molecular complexity index is 410. The summed E-state index contributed by atoms with van der Waals surface area (Å²) in [6.45, 7) is 6.44. The van der Waals surface area contributed by atoms with Crippen molar-refractivity contribution >= 4 is 0 Å². The number of aryl methyl sites for hydroxylation is 1. The van der Waals surface area contributed by atoms with Gasteiger partial charge in [0.05, 0.1) is 12.0 Å². The maximum absolute atomic E-state index is 8.83. The van der Waals surface area contributed by atoms with Gasteiger partial charge in [0.1, 0.15) is 0 Å². The van der Waals surface area contributed by atoms with Crippen LogP contribution in [0.4, 0.5) is 0 Å². The van der Waals surface area contributed by atoms with Gasteiger partial charge in [-0.2, -0.15) is 5.26 Å². The first-order valence-corrected chi connectivity index (χ1v) is 4.64. The van der Waals surface area contributed by atoms with Gasteiger partial charge in [0.15, 0.2) is 0 Å². The number of benzene rings is 1. The predicted molar refractivity (Wildman–Crippen MR) is 52.7 cm³/mol. The fourth-order valence-corrected chi connectivity index (χ4v) is 2.05. The molecule has 0 bridgehead atoms. The molecule has 0 amide bonds. The molecule has 0 saturated carbocycles. The Balaban J connectivity index is 2.61. The van der Waals surface area contributed by atoms with Crippen molar-refractivity contribution in [3.63, 3.8) is 0 Å². The highest BCUT2D eigenvalue weighted by molar-refractivity contribution is 5.53. The van der Waals surface area contributed by atoms with Gasteiger partial charge in [0.25, 0.3) is 0 Å². The Labute approximate surface area is 79.0 Å². The summed E-state index contributed by atoms with van der Waals surface area (Å²) in [5.41, 5.74) is 6.77. The summed E-state index contributed by atoms with van der Waals surface area (Å²) in [7, 11) is 0. The van der Waals surface area contributed by atoms with E-state index in [2.05, 4.69) is 32.9 Å². The average molecular weight is 171 g/mol. The summed E-state index contributed by atoms with van der Waals surface area (Å²) in [5, 5.41) is 8.83. The summed E-state index contributed by atoms with van der Waals surface area (Å²) >= 11 is 0. The third-order valence-corrected chi connectivity index (χ3v) is 3.27. The van der Waals surface area contributed by atoms with Gasteiger partial charge in [-0.15, -0.1) is 0 Å². The Kier molecular flexibility index (Phi) is 1.66. The number of fused-ring (bicyclic) bond motifs is 1. The smallest absolute Gasteiger partial charge is 0.0756 e. The van der Waals surface area contributed by atoms with Gasteiger partial charge in [-0.25, -0.2) is 0 Å². The number of hydrogen-bond donors (Lipinski definition) is 0. The zero-order valence-electron chi connectivity index (χ0n) is 8.31. The third kappa shape index (κ3) is 0.986. The lowest BCUT2D eigenvalue weighted by molar-refractivity contribution is 0.732. The molecule has 1 atom stereocenters. The highest BCUT2D eigenvalue weighted by Crippen LogP contribution is 2.38. The van der Waals surface area contributed by atoms with E-state index in [0.717, 1.165) is 6.42 Å². The van der Waals surface area contributed by atoms with Crippen LogP contribution in [0.3, 0.4) is 0 Å². The van der Waals surface area contributed by atoms with Gasteiger partial charge in [-0.05, 0) is 55.0 Å². The number of rotatable bonds is 0. The van der Waals surface area contributed by atoms with Crippen LogP contribution in [0.15, 0.2) is 6.07 Å². The van der Waals surface area contributed by atoms with Crippen molar-refractivity contribution < 1.29 is 0 Å². The molecule has 0 heterocycles. The van der Waals surface area contributed by atoms with Crippen LogP contribution in [-0.2, 0) is 6.42 Å². The fourth-order valence-electron chi connectivity index (χ4n) is 2.05. The Hall–Kier alpha value is -1.29. The van der Waals surface area contributed by atoms with Gasteiger partial charge in [-0.3, -0.25) is 0 Å². The molecule has 1 unspecified atom stereocenters. The molecule has 1 heteroatoms. The summed E-state index contributed by atoms with van der Waals surface area (Å²) in [4.78, 5) is 0. The highest BCUT2D eigenvalue weighted by atomic mass is 14.4. The van der Waals surface area contributed by atoms with Crippen molar-refractivity contribution in [1.82, 2.24) is 0 Å². The zero-order valence-corrected chi connectivity index (χ0v) is 8.31. The maximum Gasteiger partial charge on any atom is 0.0756 e. The Morgan fingerprint density at radius 2 is 2.00 bits per heavy atom. The molecule has 0 saturated heterocycles. The molecule has 1 aromatic carbocycles. The minimum atomic E-state index is 0.160. The summed E-state index contributed by atoms with van der Waals surface area (Å²) in [6, 6.07) is 4.51. The topological polar surface area (TPSA) is 23.8 Å². The second kappa shape index (κ2) is 2.60. The van der Waals surface area contributed by atoms with Crippen LogP contribution in [0.25, 0.3) is 0 Å². The van der Waals surface area contributed by atoms with Crippen LogP contribution in [0, 0.1) is 32.1 Å². The molecule has 0 radical (unpaired) electrons. The van der Waals surface area contributed by atoms with Gasteiger partial charge in [0.2, 0.25) is 0 Å². The van der Waals surface area contributed by atoms with Crippen molar-refractivity contribution in [3.8, 4) is 6.07 Å². The van der Waals surface area contributed by atoms with Crippen LogP contribution in [0.2, 0.25) is 0 Å². The first kappa shape index (κ1) is 8.31. The largest absolute Gasteiger partial charge is 0.198 e. The zero-order chi connectivity index (χ0) is 9.59. The van der Waals surface area contributed by atoms with Gasteiger partial charge in [0, 0.05) is 0 Å². The maximum atomic E-state index is 8.83. The molecule has 0 N–H and O–H groups in total. The van der Waals surface area contributed by atoms with E-state index in [1.165, 1.54) is 27.8 Å². The van der Waals surface area contributed by atoms with E-state index in [0.29, 0.717) is 0 Å². The molecule has 13 heavy (non-hydrogen) atoms. The third-order valence-electron chi connectivity index (χ3n) is 3.27. The molecule has 1 nitrogen and oxygen atoms in total. The van der Waals surface area contributed by atoms with Crippen LogP contribution >= 0.6 is 0 Å². The minimum Gasteiger partial charge on any atom is -0.198 e. The van der Waals surface area contributed by atoms with E-state index in [-0.39, 0.29) is 5.92 Å². The van der Waals surface area contributed by atoms with Crippen LogP contribution in [0.5, 0.6) is 0 Å². The summed E-state index contributed by atoms with van der Waals surface area (Å²) in [5.74, 6) is 0.160. The van der Waals surface area contributed by atoms with Crippen LogP contribution < -0.4 is 0 Å². The molecule has 66 valence electrons. The lowest BCUT2D eigenvalue weighted by Gasteiger charge is -2.28. The predicted octanol–water partition coefficient (Wildman–Crippen LogP) is 2.78. The van der Waals surface area contributed by atoms with E-state index in [9.17, 15) is 0 Å². The van der Waals surface area contributed by atoms with Crippen LogP contribution in [-0.4, -0.2) is 0 Å². The standard InChI is InChI=1S/C12H13N/c1-7-4-12-10(6-13)5-11(12)9(3)8(7)2/h4,10H,5H2,1-3H3. The van der Waals surface area contributed by atoms with Gasteiger partial charge >= 0.3 is 0 Å². The Morgan fingerprint density at radius 1 is 1.31 bits per heavy atom. The number of hydrogen-bond acceptors (Lipinski definition) is 1. The van der Waals surface area contributed by atoms with Crippen LogP contribution in [0.1, 0.15) is 33.7 Å². The van der Waals surface area contributed by atoms with Crippen molar-refractivity contribution in [2.24, 2.45) is 0 Å². The Morgan fingerprint density at radius 3 is 2.62 bits per heavy atom. The minimum absolute atomic E-state index is 0.160. The van der Waals surface area contributed by atoms with E-state index < -0.39 is 0 Å². The van der Waals surface area contributed by atoms with E-state index in [1.54, 1.807) is 0 Å². The monoisotopic (exact) mass is 171 g/mol. The van der Waals surface area contributed by atoms with Gasteiger partial charge < -0.3 is 0 Å². The van der Waals surface area contributed by atoms with E-state index in [4.69, 9.17) is 5.26 Å². The second-order valence-corrected chi connectivity index (χ2v) is 3.90. The molecule has 0 aromatic heterocycles. The first-order valence-electron chi connectivity index (χ1n) is 4.64. The quantitative estimate of drug-likeness (QED) is 0.588. The summed E-state index contributed by atoms with van der Waals surface area (Å²) in [6.07, 6.45) is 0.957. The number of nitrogens with zero attached hydrogens (tertiary/aromatic N) is 1. The second-order valence-electron chi connectivity index (χ2n) is 3.90. The molecule has 0 aliphatic heterocycles. The SMILES string of the molecule is Cc1cc2c(c(C)c1C)CC2C#N. The molecule has 1 aliphatic rings. The lowest BCUT2D eigenvalue weighted by atomic mass is 9.74. The fraction of sp³-hybridized carbons (Fsp3) is 0.417. The number of nitriles is 1. The molecule has 0 fully saturated rings. The van der Waals surface area contributed by atoms with Crippen molar-refractivity contribution in [2.45, 2.75) is 33.1 Å². The molecule has 0 spiro atoms. The van der Waals surface area contributed by atoms with E-state index >= 15 is 0 Å². The molecule has 2 rings (SSSR count). The molecular weight excluding hydrogens is 158 g/mol. The normalized spacial score (nSPS) is 18.8. The highest BCUT2D eigenvalue weighted by Gasteiger charge is 2.28. The molecule has 1 aromatic rings.